The number of methoxy groups -OCH3 is 2. The molecule has 2 aromatic carbocycles. The molecule has 0 radical (unpaired) electrons. The lowest BCUT2D eigenvalue weighted by atomic mass is 9.93. The van der Waals surface area contributed by atoms with Gasteiger partial charge in [-0.15, -0.1) is 0 Å². The Morgan fingerprint density at radius 1 is 1.02 bits per heavy atom. The van der Waals surface area contributed by atoms with Gasteiger partial charge < -0.3 is 23.8 Å². The van der Waals surface area contributed by atoms with E-state index in [0.29, 0.717) is 56.5 Å². The highest BCUT2D eigenvalue weighted by Crippen LogP contribution is 2.38. The van der Waals surface area contributed by atoms with Gasteiger partial charge in [-0.3, -0.25) is 14.2 Å². The molecule has 4 rings (SSSR count). The van der Waals surface area contributed by atoms with Gasteiger partial charge in [-0.1, -0.05) is 23.5 Å². The van der Waals surface area contributed by atoms with Gasteiger partial charge >= 0.3 is 5.97 Å². The molecule has 0 aliphatic carbocycles. The predicted molar refractivity (Wildman–Crippen MR) is 160 cm³/mol. The van der Waals surface area contributed by atoms with Gasteiger partial charge in [-0.2, -0.15) is 0 Å². The van der Waals surface area contributed by atoms with Crippen LogP contribution in [-0.2, 0) is 14.3 Å². The van der Waals surface area contributed by atoms with Crippen LogP contribution >= 0.6 is 11.3 Å². The van der Waals surface area contributed by atoms with Crippen molar-refractivity contribution in [2.75, 3.05) is 40.5 Å². The van der Waals surface area contributed by atoms with Gasteiger partial charge in [0, 0.05) is 18.7 Å². The number of hydrogen-bond donors (Lipinski definition) is 0. The second-order valence-corrected chi connectivity index (χ2v) is 10.3. The number of likely N-dealkylation sites (N-methyl/N-ethyl adjacent to an activating group) is 1. The maximum absolute atomic E-state index is 14.0. The van der Waals surface area contributed by atoms with Crippen LogP contribution in [0.3, 0.4) is 0 Å². The van der Waals surface area contributed by atoms with Gasteiger partial charge in [0.05, 0.1) is 36.6 Å². The summed E-state index contributed by atoms with van der Waals surface area (Å²) in [4.78, 5) is 46.4. The van der Waals surface area contributed by atoms with Crippen LogP contribution in [0, 0.1) is 0 Å². The van der Waals surface area contributed by atoms with Crippen molar-refractivity contribution in [3.05, 3.63) is 84.5 Å². The summed E-state index contributed by atoms with van der Waals surface area (Å²) in [6, 6.07) is 11.6. The molecule has 0 unspecified atom stereocenters. The molecule has 1 aliphatic rings. The zero-order chi connectivity index (χ0) is 30.4. The molecule has 2 heterocycles. The number of carbonyl (C=O) groups excluding carboxylic acids is 2. The normalized spacial score (nSPS) is 14.6. The Morgan fingerprint density at radius 3 is 2.33 bits per heavy atom. The number of amides is 1. The number of aromatic nitrogens is 1. The average Bonchev–Trinajstić information content (AvgIpc) is 3.30. The standard InChI is InChI=1S/C31H35N3O7S/c1-7-33(8-2)30(37)27-19(4)32-31-34(28(27)23-17-22(38-5)14-15-24(23)39-6)29(36)25(42-31)16-20-10-12-21(13-11-20)41-18-26(35)40-9-3/h10-17,28H,7-9,18H2,1-6H3/b25-16+/t28-/m0/s1. The molecule has 1 atom stereocenters. The molecule has 0 fully saturated rings. The Labute approximate surface area is 248 Å². The minimum Gasteiger partial charge on any atom is -0.497 e. The molecular formula is C31H35N3O7S. The maximum atomic E-state index is 14.0. The van der Waals surface area contributed by atoms with Crippen molar-refractivity contribution in [1.82, 2.24) is 9.47 Å². The van der Waals surface area contributed by atoms with Crippen molar-refractivity contribution in [3.63, 3.8) is 0 Å². The maximum Gasteiger partial charge on any atom is 0.344 e. The zero-order valence-corrected chi connectivity index (χ0v) is 25.4. The molecule has 0 saturated carbocycles. The number of nitrogens with zero attached hydrogens (tertiary/aromatic N) is 3. The molecule has 3 aromatic rings. The van der Waals surface area contributed by atoms with E-state index >= 15 is 0 Å². The highest BCUT2D eigenvalue weighted by Gasteiger charge is 2.36. The summed E-state index contributed by atoms with van der Waals surface area (Å²) in [6.07, 6.45) is 1.77. The summed E-state index contributed by atoms with van der Waals surface area (Å²) >= 11 is 1.24. The van der Waals surface area contributed by atoms with Gasteiger partial charge in [0.2, 0.25) is 0 Å². The predicted octanol–water partition coefficient (Wildman–Crippen LogP) is 3.06. The Hall–Kier alpha value is -4.38. The van der Waals surface area contributed by atoms with Crippen molar-refractivity contribution in [2.24, 2.45) is 4.99 Å². The number of allylic oxidation sites excluding steroid dienone is 1. The fraction of sp³-hybridized carbons (Fsp3) is 0.355. The van der Waals surface area contributed by atoms with E-state index in [-0.39, 0.29) is 24.7 Å². The van der Waals surface area contributed by atoms with E-state index in [1.54, 1.807) is 86.1 Å². The first-order valence-electron chi connectivity index (χ1n) is 13.7. The number of ether oxygens (including phenoxy) is 4. The minimum absolute atomic E-state index is 0.187. The topological polar surface area (TPSA) is 109 Å². The first-order valence-corrected chi connectivity index (χ1v) is 14.5. The van der Waals surface area contributed by atoms with Gasteiger partial charge in [-0.05, 0) is 69.7 Å². The number of hydrogen-bond acceptors (Lipinski definition) is 9. The van der Waals surface area contributed by atoms with E-state index in [2.05, 4.69) is 0 Å². The molecule has 11 heteroatoms. The average molecular weight is 594 g/mol. The second-order valence-electron chi connectivity index (χ2n) is 9.33. The van der Waals surface area contributed by atoms with E-state index in [1.807, 2.05) is 13.8 Å². The third-order valence-corrected chi connectivity index (χ3v) is 7.86. The quantitative estimate of drug-likeness (QED) is 0.315. The van der Waals surface area contributed by atoms with Crippen molar-refractivity contribution in [3.8, 4) is 17.2 Å². The third kappa shape index (κ3) is 6.25. The fourth-order valence-corrected chi connectivity index (χ4v) is 5.83. The summed E-state index contributed by atoms with van der Waals surface area (Å²) in [6.45, 7) is 8.49. The van der Waals surface area contributed by atoms with Gasteiger partial charge in [-0.25, -0.2) is 9.79 Å². The monoisotopic (exact) mass is 593 g/mol. The lowest BCUT2D eigenvalue weighted by molar-refractivity contribution is -0.145. The Morgan fingerprint density at radius 2 is 1.71 bits per heavy atom. The smallest absolute Gasteiger partial charge is 0.344 e. The Balaban J connectivity index is 1.83. The van der Waals surface area contributed by atoms with E-state index in [0.717, 1.165) is 5.56 Å². The lowest BCUT2D eigenvalue weighted by Crippen LogP contribution is -2.43. The number of thiazole rings is 1. The molecule has 10 nitrogen and oxygen atoms in total. The number of fused-ring (bicyclic) bond motifs is 1. The Kier molecular flexibility index (Phi) is 9.84. The van der Waals surface area contributed by atoms with E-state index in [9.17, 15) is 14.4 Å². The van der Waals surface area contributed by atoms with Crippen LogP contribution < -0.4 is 29.1 Å². The molecule has 222 valence electrons. The SMILES string of the molecule is CCOC(=O)COc1ccc(/C=c2/sc3n(c2=O)[C@@H](c2cc(OC)ccc2OC)C(C(=O)N(CC)CC)=C(C)N=3)cc1. The van der Waals surface area contributed by atoms with Crippen LogP contribution in [0.25, 0.3) is 6.08 Å². The highest BCUT2D eigenvalue weighted by molar-refractivity contribution is 7.07. The third-order valence-electron chi connectivity index (χ3n) is 6.87. The molecule has 0 bridgehead atoms. The van der Waals surface area contributed by atoms with Crippen LogP contribution in [0.15, 0.2) is 63.5 Å². The van der Waals surface area contributed by atoms with Gasteiger partial charge in [0.15, 0.2) is 11.4 Å². The molecule has 1 aromatic heterocycles. The lowest BCUT2D eigenvalue weighted by Gasteiger charge is -2.30. The number of rotatable bonds is 11. The molecule has 1 aliphatic heterocycles. The van der Waals surface area contributed by atoms with E-state index in [4.69, 9.17) is 23.9 Å². The van der Waals surface area contributed by atoms with Crippen LogP contribution in [0.4, 0.5) is 0 Å². The van der Waals surface area contributed by atoms with Crippen molar-refractivity contribution >= 4 is 29.3 Å². The summed E-state index contributed by atoms with van der Waals surface area (Å²) in [5.41, 5.74) is 2.05. The number of carbonyl (C=O) groups is 2. The summed E-state index contributed by atoms with van der Waals surface area (Å²) in [7, 11) is 3.12. The van der Waals surface area contributed by atoms with Crippen molar-refractivity contribution in [2.45, 2.75) is 33.7 Å². The largest absolute Gasteiger partial charge is 0.497 e. The molecule has 0 N–H and O–H groups in total. The van der Waals surface area contributed by atoms with E-state index < -0.39 is 12.0 Å². The summed E-state index contributed by atoms with van der Waals surface area (Å²) in [5, 5.41) is 0. The van der Waals surface area contributed by atoms with Gasteiger partial charge in [0.25, 0.3) is 11.5 Å². The van der Waals surface area contributed by atoms with Crippen LogP contribution in [-0.4, -0.2) is 61.9 Å². The van der Waals surface area contributed by atoms with Crippen molar-refractivity contribution < 1.29 is 28.5 Å². The number of benzene rings is 2. The molecule has 42 heavy (non-hydrogen) atoms. The molecule has 1 amide bonds. The first-order chi connectivity index (χ1) is 20.3. The van der Waals surface area contributed by atoms with Crippen molar-refractivity contribution in [1.29, 1.82) is 0 Å². The summed E-state index contributed by atoms with van der Waals surface area (Å²) in [5.74, 6) is 0.959. The highest BCUT2D eigenvalue weighted by atomic mass is 32.1. The first kappa shape index (κ1) is 30.6. The van der Waals surface area contributed by atoms with Gasteiger partial charge in [0.1, 0.15) is 23.3 Å². The summed E-state index contributed by atoms with van der Waals surface area (Å²) < 4.78 is 23.6. The number of esters is 1. The zero-order valence-electron chi connectivity index (χ0n) is 24.6. The van der Waals surface area contributed by atoms with Crippen LogP contribution in [0.5, 0.6) is 17.2 Å². The molecule has 0 spiro atoms. The minimum atomic E-state index is -0.778. The Bertz CT molecular complexity index is 1670. The van der Waals surface area contributed by atoms with Crippen LogP contribution in [0.2, 0.25) is 0 Å². The fourth-order valence-electron chi connectivity index (χ4n) is 4.78. The molecule has 0 saturated heterocycles. The second kappa shape index (κ2) is 13.5. The molecular weight excluding hydrogens is 558 g/mol. The van der Waals surface area contributed by atoms with E-state index in [1.165, 1.54) is 11.3 Å². The van der Waals surface area contributed by atoms with Crippen LogP contribution in [0.1, 0.15) is 44.9 Å².